The first-order valence-corrected chi connectivity index (χ1v) is 12.9. The van der Waals surface area contributed by atoms with Gasteiger partial charge in [-0.25, -0.2) is 4.74 Å². The number of hydrogen-bond donors (Lipinski definition) is 0. The molecule has 0 amide bonds. The molecule has 3 aromatic rings. The van der Waals surface area contributed by atoms with E-state index in [1.165, 1.54) is 16.9 Å². The number of likely N-dealkylation sites (N-methyl/N-ethyl adjacent to an activating group) is 1. The number of para-hydroxylation sites is 1. The lowest BCUT2D eigenvalue weighted by atomic mass is 9.84. The van der Waals surface area contributed by atoms with E-state index in [0.29, 0.717) is 0 Å². The quantitative estimate of drug-likeness (QED) is 0.373. The molecule has 0 N–H and O–H groups in total. The molecule has 1 atom stereocenters. The van der Waals surface area contributed by atoms with Crippen LogP contribution >= 0.6 is 18.8 Å². The second kappa shape index (κ2) is 8.26. The SMILES string of the molecule is Cc1ccc([P@](/C=C2/N(C)c3ccccc3C2(C)C)(=Nc2ccc(C)c(Cl)c2)N(C)C)o1. The summed E-state index contributed by atoms with van der Waals surface area (Å²) in [7, 11) is 3.88. The van der Waals surface area contributed by atoms with Crippen LogP contribution < -0.4 is 10.4 Å². The highest BCUT2D eigenvalue weighted by molar-refractivity contribution is 7.74. The minimum atomic E-state index is -2.42. The van der Waals surface area contributed by atoms with Gasteiger partial charge in [0.15, 0.2) is 5.50 Å². The fourth-order valence-electron chi connectivity index (χ4n) is 4.36. The van der Waals surface area contributed by atoms with Crippen molar-refractivity contribution in [2.75, 3.05) is 26.0 Å². The minimum absolute atomic E-state index is 0.158. The summed E-state index contributed by atoms with van der Waals surface area (Å²) in [6.07, 6.45) is 0. The van der Waals surface area contributed by atoms with Gasteiger partial charge in [-0.3, -0.25) is 4.67 Å². The van der Waals surface area contributed by atoms with E-state index < -0.39 is 7.21 Å². The average molecular weight is 468 g/mol. The van der Waals surface area contributed by atoms with Crippen molar-refractivity contribution in [3.63, 3.8) is 0 Å². The zero-order valence-corrected chi connectivity index (χ0v) is 21.5. The van der Waals surface area contributed by atoms with Crippen LogP contribution in [0.3, 0.4) is 0 Å². The highest BCUT2D eigenvalue weighted by Crippen LogP contribution is 2.59. The number of furan rings is 1. The van der Waals surface area contributed by atoms with Crippen molar-refractivity contribution in [1.29, 1.82) is 0 Å². The summed E-state index contributed by atoms with van der Waals surface area (Å²) in [6.45, 7) is 8.54. The van der Waals surface area contributed by atoms with Crippen LogP contribution in [-0.4, -0.2) is 25.8 Å². The highest BCUT2D eigenvalue weighted by atomic mass is 35.5. The maximum absolute atomic E-state index is 6.46. The van der Waals surface area contributed by atoms with Gasteiger partial charge in [-0.1, -0.05) is 49.7 Å². The summed E-state index contributed by atoms with van der Waals surface area (Å²) in [5.41, 5.74) is 6.38. The number of fused-ring (bicyclic) bond motifs is 1. The number of hydrogen-bond acceptors (Lipinski definition) is 3. The molecule has 1 aromatic heterocycles. The van der Waals surface area contributed by atoms with Crippen LogP contribution in [0, 0.1) is 13.8 Å². The Morgan fingerprint density at radius 3 is 2.38 bits per heavy atom. The van der Waals surface area contributed by atoms with E-state index in [9.17, 15) is 0 Å². The summed E-state index contributed by atoms with van der Waals surface area (Å²) in [5.74, 6) is 3.23. The van der Waals surface area contributed by atoms with Crippen LogP contribution in [0.2, 0.25) is 5.02 Å². The Hall–Kier alpha value is -2.26. The molecule has 4 nitrogen and oxygen atoms in total. The second-order valence-electron chi connectivity index (χ2n) is 9.13. The number of aryl methyl sites for hydroxylation is 2. The first kappa shape index (κ1) is 22.9. The van der Waals surface area contributed by atoms with Crippen LogP contribution in [0.1, 0.15) is 30.7 Å². The standard InChI is InChI=1S/C26H31ClN3OP/c1-18-12-14-20(16-22(18)27)28-32(29(5)6,25-15-13-19(2)31-25)17-24-26(3,4)21-10-8-9-11-23(21)30(24)7/h8-17H,1-7H3/b24-17+/t32-/m1/s1. The predicted octanol–water partition coefficient (Wildman–Crippen LogP) is 7.45. The van der Waals surface area contributed by atoms with Crippen LogP contribution in [0.15, 0.2) is 75.3 Å². The first-order valence-electron chi connectivity index (χ1n) is 10.8. The molecule has 32 heavy (non-hydrogen) atoms. The fraction of sp³-hybridized carbons (Fsp3) is 0.308. The van der Waals surface area contributed by atoms with Crippen molar-refractivity contribution >= 4 is 35.7 Å². The van der Waals surface area contributed by atoms with Gasteiger partial charge in [0, 0.05) is 28.9 Å². The smallest absolute Gasteiger partial charge is 0.160 e. The van der Waals surface area contributed by atoms with E-state index in [1.54, 1.807) is 0 Å². The van der Waals surface area contributed by atoms with E-state index in [-0.39, 0.29) is 5.41 Å². The molecule has 0 spiro atoms. The molecule has 6 heteroatoms. The van der Waals surface area contributed by atoms with Crippen molar-refractivity contribution < 1.29 is 4.42 Å². The van der Waals surface area contributed by atoms with Crippen molar-refractivity contribution in [2.24, 2.45) is 4.74 Å². The van der Waals surface area contributed by atoms with Gasteiger partial charge in [-0.15, -0.1) is 0 Å². The average Bonchev–Trinajstić information content (AvgIpc) is 3.26. The molecule has 4 rings (SSSR count). The third-order valence-electron chi connectivity index (χ3n) is 6.33. The Labute approximate surface area is 196 Å². The van der Waals surface area contributed by atoms with Gasteiger partial charge in [0.2, 0.25) is 0 Å². The summed E-state index contributed by atoms with van der Waals surface area (Å²) in [5, 5.41) is 0.720. The predicted molar refractivity (Wildman–Crippen MR) is 138 cm³/mol. The number of benzene rings is 2. The molecule has 0 aliphatic carbocycles. The van der Waals surface area contributed by atoms with Gasteiger partial charge in [-0.2, -0.15) is 0 Å². The number of allylic oxidation sites excluding steroid dienone is 1. The third-order valence-corrected chi connectivity index (χ3v) is 9.98. The van der Waals surface area contributed by atoms with E-state index in [4.69, 9.17) is 20.8 Å². The molecule has 0 saturated carbocycles. The van der Waals surface area contributed by atoms with E-state index >= 15 is 0 Å². The Kier molecular flexibility index (Phi) is 5.92. The fourth-order valence-corrected chi connectivity index (χ4v) is 7.51. The Morgan fingerprint density at radius 1 is 1.06 bits per heavy atom. The van der Waals surface area contributed by atoms with Crippen molar-refractivity contribution in [2.45, 2.75) is 33.1 Å². The maximum Gasteiger partial charge on any atom is 0.160 e. The lowest BCUT2D eigenvalue weighted by Gasteiger charge is -2.31. The zero-order chi connectivity index (χ0) is 23.3. The number of nitrogens with zero attached hydrogens (tertiary/aromatic N) is 3. The lowest BCUT2D eigenvalue weighted by Crippen LogP contribution is -2.25. The summed E-state index contributed by atoms with van der Waals surface area (Å²) < 4.78 is 13.8. The molecule has 1 aliphatic rings. The molecular weight excluding hydrogens is 437 g/mol. The largest absolute Gasteiger partial charge is 0.459 e. The summed E-state index contributed by atoms with van der Waals surface area (Å²) in [4.78, 5) is 2.29. The monoisotopic (exact) mass is 467 g/mol. The van der Waals surface area contributed by atoms with Gasteiger partial charge >= 0.3 is 0 Å². The molecule has 2 aromatic carbocycles. The molecule has 0 saturated heterocycles. The molecular formula is C26H31ClN3OP. The van der Waals surface area contributed by atoms with E-state index in [0.717, 1.165) is 27.5 Å². The molecule has 0 radical (unpaired) electrons. The maximum atomic E-state index is 6.46. The summed E-state index contributed by atoms with van der Waals surface area (Å²) in [6, 6.07) is 18.7. The van der Waals surface area contributed by atoms with Crippen molar-refractivity contribution in [1.82, 2.24) is 4.67 Å². The van der Waals surface area contributed by atoms with Crippen LogP contribution in [-0.2, 0) is 5.41 Å². The molecule has 0 bridgehead atoms. The normalized spacial score (nSPS) is 18.2. The Bertz CT molecular complexity index is 1260. The van der Waals surface area contributed by atoms with E-state index in [2.05, 4.69) is 80.7 Å². The number of halogens is 1. The van der Waals surface area contributed by atoms with Crippen LogP contribution in [0.25, 0.3) is 0 Å². The second-order valence-corrected chi connectivity index (χ2v) is 12.5. The first-order chi connectivity index (χ1) is 15.1. The zero-order valence-electron chi connectivity index (χ0n) is 19.8. The molecule has 168 valence electrons. The molecule has 2 heterocycles. The van der Waals surface area contributed by atoms with Gasteiger partial charge in [0.25, 0.3) is 0 Å². The van der Waals surface area contributed by atoms with Gasteiger partial charge < -0.3 is 9.32 Å². The van der Waals surface area contributed by atoms with Crippen LogP contribution in [0.4, 0.5) is 11.4 Å². The topological polar surface area (TPSA) is 32.0 Å². The van der Waals surface area contributed by atoms with Gasteiger partial charge in [0.1, 0.15) is 13.0 Å². The number of anilines is 1. The van der Waals surface area contributed by atoms with Gasteiger partial charge in [-0.05, 0) is 75.2 Å². The minimum Gasteiger partial charge on any atom is -0.459 e. The van der Waals surface area contributed by atoms with E-state index in [1.807, 2.05) is 38.1 Å². The van der Waals surface area contributed by atoms with Crippen molar-refractivity contribution in [3.05, 3.63) is 88.0 Å². The Morgan fingerprint density at radius 2 is 1.78 bits per heavy atom. The van der Waals surface area contributed by atoms with Crippen LogP contribution in [0.5, 0.6) is 0 Å². The summed E-state index contributed by atoms with van der Waals surface area (Å²) >= 11 is 6.46. The lowest BCUT2D eigenvalue weighted by molar-refractivity contribution is 0.557. The third kappa shape index (κ3) is 3.75. The molecule has 0 fully saturated rings. The van der Waals surface area contributed by atoms with Gasteiger partial charge in [0.05, 0.1) is 5.69 Å². The number of rotatable bonds is 4. The molecule has 0 unspecified atom stereocenters. The van der Waals surface area contributed by atoms with Crippen molar-refractivity contribution in [3.8, 4) is 0 Å². The molecule has 1 aliphatic heterocycles. The highest BCUT2D eigenvalue weighted by Gasteiger charge is 2.41. The Balaban J connectivity index is 2.03.